The minimum absolute atomic E-state index is 0. The average Bonchev–Trinajstić information content (AvgIpc) is 2.18. The normalized spacial score (nSPS) is 9.43. The van der Waals surface area contributed by atoms with E-state index in [0.717, 1.165) is 5.39 Å². The van der Waals surface area contributed by atoms with Crippen LogP contribution in [0.4, 0.5) is 5.69 Å². The van der Waals surface area contributed by atoms with Gasteiger partial charge in [0.25, 0.3) is 0 Å². The summed E-state index contributed by atoms with van der Waals surface area (Å²) in [5.41, 5.74) is 0.109. The minimum atomic E-state index is -0.0753. The third kappa shape index (κ3) is 1.44. The molecule has 72 valence electrons. The van der Waals surface area contributed by atoms with Crippen molar-refractivity contribution in [3.05, 3.63) is 41.3 Å². The predicted molar refractivity (Wildman–Crippen MR) is 57.8 cm³/mol. The van der Waals surface area contributed by atoms with Gasteiger partial charge in [0.2, 0.25) is 0 Å². The number of nitrogens with zero attached hydrogens (tertiary/aromatic N) is 1. The minimum Gasteiger partial charge on any atom is -0.506 e. The highest BCUT2D eigenvalue weighted by atomic mass is 16.3. The number of fused-ring (bicyclic) bond motifs is 1. The van der Waals surface area contributed by atoms with E-state index >= 15 is 0 Å². The summed E-state index contributed by atoms with van der Waals surface area (Å²) >= 11 is 0. The van der Waals surface area contributed by atoms with Gasteiger partial charge in [-0.25, -0.2) is 0 Å². The van der Waals surface area contributed by atoms with Crippen LogP contribution in [-0.2, 0) is 0 Å². The van der Waals surface area contributed by atoms with Crippen LogP contribution in [0.3, 0.4) is 0 Å². The standard InChI is InChI=1S/C10H7NO2.CH4/c12-9-6-5-7-3-1-2-4-8(7)10(9)11-13;/h1-6,12H;1H4. The number of hydrogen-bond acceptors (Lipinski definition) is 3. The Hall–Kier alpha value is -1.90. The van der Waals surface area contributed by atoms with Gasteiger partial charge in [0.05, 0.1) is 0 Å². The molecule has 2 aromatic carbocycles. The summed E-state index contributed by atoms with van der Waals surface area (Å²) in [6, 6.07) is 10.5. The Balaban J connectivity index is 0.000000980. The molecule has 0 fully saturated rings. The number of nitroso groups, excluding NO2 is 1. The van der Waals surface area contributed by atoms with Gasteiger partial charge in [0.1, 0.15) is 5.75 Å². The lowest BCUT2D eigenvalue weighted by Gasteiger charge is -2.00. The van der Waals surface area contributed by atoms with Gasteiger partial charge >= 0.3 is 0 Å². The fourth-order valence-corrected chi connectivity index (χ4v) is 1.34. The van der Waals surface area contributed by atoms with Gasteiger partial charge in [-0.1, -0.05) is 37.8 Å². The SMILES string of the molecule is C.O=Nc1c(O)ccc2ccccc12. The molecule has 0 unspecified atom stereocenters. The molecule has 14 heavy (non-hydrogen) atoms. The highest BCUT2D eigenvalue weighted by molar-refractivity contribution is 5.95. The first-order valence-electron chi connectivity index (χ1n) is 3.87. The van der Waals surface area contributed by atoms with E-state index in [2.05, 4.69) is 5.18 Å². The summed E-state index contributed by atoms with van der Waals surface area (Å²) in [6.45, 7) is 0. The first-order valence-corrected chi connectivity index (χ1v) is 3.87. The lowest BCUT2D eigenvalue weighted by atomic mass is 10.1. The van der Waals surface area contributed by atoms with Crippen LogP contribution in [0.25, 0.3) is 10.8 Å². The lowest BCUT2D eigenvalue weighted by molar-refractivity contribution is 0.477. The zero-order valence-electron chi connectivity index (χ0n) is 6.77. The second-order valence-electron chi connectivity index (χ2n) is 2.75. The highest BCUT2D eigenvalue weighted by Gasteiger charge is 2.05. The molecule has 0 radical (unpaired) electrons. The first kappa shape index (κ1) is 10.2. The monoisotopic (exact) mass is 189 g/mol. The largest absolute Gasteiger partial charge is 0.506 e. The molecule has 0 bridgehead atoms. The molecule has 0 spiro atoms. The maximum atomic E-state index is 10.4. The lowest BCUT2D eigenvalue weighted by Crippen LogP contribution is -1.73. The van der Waals surface area contributed by atoms with Gasteiger partial charge < -0.3 is 5.11 Å². The van der Waals surface area contributed by atoms with E-state index in [9.17, 15) is 10.0 Å². The molecule has 3 nitrogen and oxygen atoms in total. The Morgan fingerprint density at radius 3 is 2.50 bits per heavy atom. The molecule has 2 aromatic rings. The van der Waals surface area contributed by atoms with E-state index in [-0.39, 0.29) is 18.9 Å². The third-order valence-corrected chi connectivity index (χ3v) is 1.97. The highest BCUT2D eigenvalue weighted by Crippen LogP contribution is 2.34. The van der Waals surface area contributed by atoms with Gasteiger partial charge in [0.15, 0.2) is 5.69 Å². The molecule has 0 atom stereocenters. The number of phenolic OH excluding ortho intramolecular Hbond substituents is 1. The molecule has 0 heterocycles. The van der Waals surface area contributed by atoms with Gasteiger partial charge in [-0.15, -0.1) is 4.91 Å². The Morgan fingerprint density at radius 1 is 1.07 bits per heavy atom. The average molecular weight is 189 g/mol. The second kappa shape index (κ2) is 3.87. The maximum Gasteiger partial charge on any atom is 0.157 e. The van der Waals surface area contributed by atoms with E-state index in [0.29, 0.717) is 5.39 Å². The molecule has 0 saturated heterocycles. The van der Waals surface area contributed by atoms with Crippen molar-refractivity contribution < 1.29 is 5.11 Å². The second-order valence-corrected chi connectivity index (χ2v) is 2.75. The Labute approximate surface area is 82.0 Å². The van der Waals surface area contributed by atoms with Crippen molar-refractivity contribution in [3.8, 4) is 5.75 Å². The molecule has 1 N–H and O–H groups in total. The summed E-state index contributed by atoms with van der Waals surface area (Å²) in [7, 11) is 0. The van der Waals surface area contributed by atoms with Crippen molar-refractivity contribution in [3.63, 3.8) is 0 Å². The summed E-state index contributed by atoms with van der Waals surface area (Å²) in [5.74, 6) is -0.0753. The number of phenols is 1. The molecular formula is C11H11NO2. The molecule has 0 aliphatic rings. The Kier molecular flexibility index (Phi) is 2.82. The number of benzene rings is 2. The van der Waals surface area contributed by atoms with Gasteiger partial charge in [-0.2, -0.15) is 0 Å². The van der Waals surface area contributed by atoms with Crippen molar-refractivity contribution in [2.75, 3.05) is 0 Å². The molecule has 0 amide bonds. The molecule has 0 aromatic heterocycles. The van der Waals surface area contributed by atoms with Crippen LogP contribution in [0.1, 0.15) is 7.43 Å². The molecular weight excluding hydrogens is 178 g/mol. The molecule has 0 saturated carbocycles. The van der Waals surface area contributed by atoms with Gasteiger partial charge in [-0.3, -0.25) is 0 Å². The molecule has 0 aliphatic carbocycles. The summed E-state index contributed by atoms with van der Waals surface area (Å²) in [6.07, 6.45) is 0. The van der Waals surface area contributed by atoms with Crippen LogP contribution in [-0.4, -0.2) is 5.11 Å². The van der Waals surface area contributed by atoms with Crippen LogP contribution in [0.5, 0.6) is 5.75 Å². The number of hydrogen-bond donors (Lipinski definition) is 1. The first-order chi connectivity index (χ1) is 6.33. The van der Waals surface area contributed by atoms with Crippen molar-refractivity contribution in [2.24, 2.45) is 5.18 Å². The zero-order valence-corrected chi connectivity index (χ0v) is 6.77. The fourth-order valence-electron chi connectivity index (χ4n) is 1.34. The molecule has 0 aliphatic heterocycles. The van der Waals surface area contributed by atoms with Crippen molar-refractivity contribution in [2.45, 2.75) is 7.43 Å². The van der Waals surface area contributed by atoms with Crippen LogP contribution >= 0.6 is 0 Å². The van der Waals surface area contributed by atoms with Gasteiger partial charge in [-0.05, 0) is 16.6 Å². The fraction of sp³-hybridized carbons (Fsp3) is 0.0909. The quantitative estimate of drug-likeness (QED) is 0.697. The molecule has 2 rings (SSSR count). The summed E-state index contributed by atoms with van der Waals surface area (Å²) in [4.78, 5) is 10.4. The van der Waals surface area contributed by atoms with Crippen molar-refractivity contribution in [1.82, 2.24) is 0 Å². The number of aromatic hydroxyl groups is 1. The topological polar surface area (TPSA) is 49.7 Å². The smallest absolute Gasteiger partial charge is 0.157 e. The zero-order chi connectivity index (χ0) is 9.26. The van der Waals surface area contributed by atoms with E-state index in [1.54, 1.807) is 18.2 Å². The Bertz CT molecular complexity index is 466. The summed E-state index contributed by atoms with van der Waals surface area (Å²) in [5, 5.41) is 13.7. The van der Waals surface area contributed by atoms with E-state index in [1.165, 1.54) is 6.07 Å². The summed E-state index contributed by atoms with van der Waals surface area (Å²) < 4.78 is 0. The van der Waals surface area contributed by atoms with Gasteiger partial charge in [0, 0.05) is 5.39 Å². The van der Waals surface area contributed by atoms with Crippen LogP contribution in [0, 0.1) is 4.91 Å². The third-order valence-electron chi connectivity index (χ3n) is 1.97. The maximum absolute atomic E-state index is 10.4. The van der Waals surface area contributed by atoms with E-state index in [1.807, 2.05) is 12.1 Å². The van der Waals surface area contributed by atoms with Crippen LogP contribution < -0.4 is 0 Å². The van der Waals surface area contributed by atoms with E-state index < -0.39 is 0 Å². The van der Waals surface area contributed by atoms with Crippen molar-refractivity contribution in [1.29, 1.82) is 0 Å². The molecule has 3 heteroatoms. The van der Waals surface area contributed by atoms with E-state index in [4.69, 9.17) is 0 Å². The number of rotatable bonds is 1. The predicted octanol–water partition coefficient (Wildman–Crippen LogP) is 3.58. The van der Waals surface area contributed by atoms with Crippen LogP contribution in [0.2, 0.25) is 0 Å². The van der Waals surface area contributed by atoms with Crippen molar-refractivity contribution >= 4 is 16.5 Å². The Morgan fingerprint density at radius 2 is 1.79 bits per heavy atom. The van der Waals surface area contributed by atoms with Crippen LogP contribution in [0.15, 0.2) is 41.6 Å².